The summed E-state index contributed by atoms with van der Waals surface area (Å²) in [6.45, 7) is 4.89. The Kier molecular flexibility index (Phi) is 5.72. The molecule has 4 N–H and O–H groups in total. The maximum atomic E-state index is 9.38. The number of benzene rings is 2. The molecule has 2 aliphatic rings. The first-order chi connectivity index (χ1) is 14.6. The van der Waals surface area contributed by atoms with Crippen molar-refractivity contribution in [3.63, 3.8) is 0 Å². The van der Waals surface area contributed by atoms with Gasteiger partial charge in [-0.15, -0.1) is 0 Å². The maximum absolute atomic E-state index is 9.38. The molecule has 0 radical (unpaired) electrons. The van der Waals surface area contributed by atoms with Gasteiger partial charge < -0.3 is 35.1 Å². The Bertz CT molecular complexity index is 986. The SMILES string of the molecule is C=C(c1cc2c(cc1NC)OCO2)C(/C=C/c1cc2c(cc1N)OCO2)CCCO. The van der Waals surface area contributed by atoms with E-state index in [1.54, 1.807) is 6.07 Å². The number of fused-ring (bicyclic) bond motifs is 2. The molecule has 158 valence electrons. The minimum Gasteiger partial charge on any atom is -0.454 e. The van der Waals surface area contributed by atoms with E-state index in [0.717, 1.165) is 28.8 Å². The molecule has 0 aromatic heterocycles. The van der Waals surface area contributed by atoms with Gasteiger partial charge >= 0.3 is 0 Å². The predicted octanol–water partition coefficient (Wildman–Crippen LogP) is 3.88. The van der Waals surface area contributed by atoms with Crippen LogP contribution in [0.3, 0.4) is 0 Å². The van der Waals surface area contributed by atoms with Crippen LogP contribution in [0.1, 0.15) is 24.0 Å². The lowest BCUT2D eigenvalue weighted by atomic mass is 9.88. The third kappa shape index (κ3) is 3.89. The van der Waals surface area contributed by atoms with Gasteiger partial charge in [0.25, 0.3) is 0 Å². The van der Waals surface area contributed by atoms with Crippen molar-refractivity contribution in [2.45, 2.75) is 12.8 Å². The largest absolute Gasteiger partial charge is 0.454 e. The second-order valence-electron chi connectivity index (χ2n) is 7.19. The zero-order chi connectivity index (χ0) is 21.1. The lowest BCUT2D eigenvalue weighted by Gasteiger charge is -2.19. The van der Waals surface area contributed by atoms with Crippen molar-refractivity contribution >= 4 is 23.0 Å². The zero-order valence-electron chi connectivity index (χ0n) is 16.9. The van der Waals surface area contributed by atoms with Gasteiger partial charge in [-0.1, -0.05) is 18.7 Å². The van der Waals surface area contributed by atoms with Crippen LogP contribution in [0.5, 0.6) is 23.0 Å². The number of aliphatic hydroxyl groups excluding tert-OH is 1. The van der Waals surface area contributed by atoms with E-state index in [1.165, 1.54) is 0 Å². The van der Waals surface area contributed by atoms with Gasteiger partial charge in [-0.25, -0.2) is 0 Å². The summed E-state index contributed by atoms with van der Waals surface area (Å²) in [6, 6.07) is 7.52. The Hall–Kier alpha value is -3.32. The molecular weight excluding hydrogens is 384 g/mol. The Morgan fingerprint density at radius 1 is 1.10 bits per heavy atom. The molecule has 30 heavy (non-hydrogen) atoms. The molecule has 4 rings (SSSR count). The van der Waals surface area contributed by atoms with E-state index in [1.807, 2.05) is 31.3 Å². The van der Waals surface area contributed by atoms with Crippen molar-refractivity contribution in [3.8, 4) is 23.0 Å². The van der Waals surface area contributed by atoms with Crippen molar-refractivity contribution in [1.82, 2.24) is 0 Å². The van der Waals surface area contributed by atoms with Gasteiger partial charge in [0, 0.05) is 54.2 Å². The summed E-state index contributed by atoms with van der Waals surface area (Å²) in [5.74, 6) is 2.75. The molecule has 1 unspecified atom stereocenters. The monoisotopic (exact) mass is 410 g/mol. The Morgan fingerprint density at radius 3 is 2.40 bits per heavy atom. The summed E-state index contributed by atoms with van der Waals surface area (Å²) in [7, 11) is 1.86. The number of rotatable bonds is 8. The standard InChI is InChI=1S/C23H26N2O5/c1-14(17-9-21-23(30-13-28-21)11-19(17)25-2)15(4-3-7-26)5-6-16-8-20-22(10-18(16)24)29-12-27-20/h5-6,8-11,15,25-26H,1,3-4,7,12-13,24H2,2H3/b6-5+. The van der Waals surface area contributed by atoms with Crippen LogP contribution >= 0.6 is 0 Å². The van der Waals surface area contributed by atoms with Gasteiger partial charge in [-0.3, -0.25) is 0 Å². The summed E-state index contributed by atoms with van der Waals surface area (Å²) < 4.78 is 21.9. The molecule has 0 fully saturated rings. The van der Waals surface area contributed by atoms with Crippen LogP contribution in [0.4, 0.5) is 11.4 Å². The van der Waals surface area contributed by atoms with Gasteiger partial charge in [-0.2, -0.15) is 0 Å². The lowest BCUT2D eigenvalue weighted by molar-refractivity contribution is 0.173. The van der Waals surface area contributed by atoms with Crippen molar-refractivity contribution < 1.29 is 24.1 Å². The van der Waals surface area contributed by atoms with Gasteiger partial charge in [0.05, 0.1) is 0 Å². The van der Waals surface area contributed by atoms with E-state index in [-0.39, 0.29) is 26.1 Å². The number of hydrogen-bond donors (Lipinski definition) is 3. The van der Waals surface area contributed by atoms with Crippen molar-refractivity contribution in [2.24, 2.45) is 5.92 Å². The fraction of sp³-hybridized carbons (Fsp3) is 0.304. The summed E-state index contributed by atoms with van der Waals surface area (Å²) in [6.07, 6.45) is 5.43. The smallest absolute Gasteiger partial charge is 0.231 e. The fourth-order valence-corrected chi connectivity index (χ4v) is 3.65. The highest BCUT2D eigenvalue weighted by molar-refractivity contribution is 5.81. The number of nitrogens with two attached hydrogens (primary N) is 1. The molecule has 0 bridgehead atoms. The topological polar surface area (TPSA) is 95.2 Å². The number of allylic oxidation sites excluding steroid dienone is 2. The molecule has 0 saturated carbocycles. The number of ether oxygens (including phenoxy) is 4. The summed E-state index contributed by atoms with van der Waals surface area (Å²) >= 11 is 0. The highest BCUT2D eigenvalue weighted by atomic mass is 16.7. The molecule has 2 aromatic rings. The van der Waals surface area contributed by atoms with Crippen LogP contribution in [-0.2, 0) is 0 Å². The third-order valence-electron chi connectivity index (χ3n) is 5.34. The van der Waals surface area contributed by atoms with Gasteiger partial charge in [0.15, 0.2) is 23.0 Å². The number of anilines is 2. The zero-order valence-corrected chi connectivity index (χ0v) is 16.9. The first-order valence-electron chi connectivity index (χ1n) is 9.89. The van der Waals surface area contributed by atoms with Crippen molar-refractivity contribution in [2.75, 3.05) is 38.3 Å². The molecule has 2 heterocycles. The van der Waals surface area contributed by atoms with E-state index < -0.39 is 0 Å². The number of nitrogen functional groups attached to an aromatic ring is 1. The lowest BCUT2D eigenvalue weighted by Crippen LogP contribution is -2.04. The van der Waals surface area contributed by atoms with Crippen LogP contribution in [0.2, 0.25) is 0 Å². The maximum Gasteiger partial charge on any atom is 0.231 e. The average molecular weight is 410 g/mol. The highest BCUT2D eigenvalue weighted by Gasteiger charge is 2.21. The second-order valence-corrected chi connectivity index (χ2v) is 7.19. The molecule has 7 heteroatoms. The number of hydrogen-bond acceptors (Lipinski definition) is 7. The normalized spacial score (nSPS) is 14.9. The Morgan fingerprint density at radius 2 is 1.73 bits per heavy atom. The van der Waals surface area contributed by atoms with Crippen LogP contribution in [0, 0.1) is 5.92 Å². The molecule has 2 aromatic carbocycles. The summed E-state index contributed by atoms with van der Waals surface area (Å²) in [5.41, 5.74) is 10.4. The van der Waals surface area contributed by atoms with Gasteiger partial charge in [-0.05, 0) is 30.5 Å². The van der Waals surface area contributed by atoms with E-state index in [4.69, 9.17) is 24.7 Å². The van der Waals surface area contributed by atoms with E-state index in [0.29, 0.717) is 35.1 Å². The third-order valence-corrected chi connectivity index (χ3v) is 5.34. The predicted molar refractivity (Wildman–Crippen MR) is 117 cm³/mol. The average Bonchev–Trinajstić information content (AvgIpc) is 3.40. The molecule has 0 spiro atoms. The number of nitrogens with one attached hydrogen (secondary N) is 1. The minimum absolute atomic E-state index is 0.00514. The molecule has 0 amide bonds. The van der Waals surface area contributed by atoms with Crippen LogP contribution in [0.25, 0.3) is 11.6 Å². The summed E-state index contributed by atoms with van der Waals surface area (Å²) in [5, 5.41) is 12.6. The van der Waals surface area contributed by atoms with Crippen LogP contribution < -0.4 is 30.0 Å². The van der Waals surface area contributed by atoms with Crippen LogP contribution in [0.15, 0.2) is 36.9 Å². The second kappa shape index (κ2) is 8.59. The first-order valence-corrected chi connectivity index (χ1v) is 9.89. The molecule has 0 saturated heterocycles. The Balaban J connectivity index is 1.63. The number of aliphatic hydroxyl groups is 1. The minimum atomic E-state index is -0.00514. The summed E-state index contributed by atoms with van der Waals surface area (Å²) in [4.78, 5) is 0. The molecule has 2 aliphatic heterocycles. The molecule has 1 atom stereocenters. The van der Waals surface area contributed by atoms with Crippen molar-refractivity contribution in [1.29, 1.82) is 0 Å². The van der Waals surface area contributed by atoms with E-state index >= 15 is 0 Å². The Labute approximate surface area is 175 Å². The fourth-order valence-electron chi connectivity index (χ4n) is 3.65. The van der Waals surface area contributed by atoms with Crippen molar-refractivity contribution in [3.05, 3.63) is 48.0 Å². The highest BCUT2D eigenvalue weighted by Crippen LogP contribution is 2.42. The van der Waals surface area contributed by atoms with E-state index in [9.17, 15) is 5.11 Å². The first kappa shape index (κ1) is 20.0. The molecule has 0 aliphatic carbocycles. The molecule has 7 nitrogen and oxygen atoms in total. The van der Waals surface area contributed by atoms with Gasteiger partial charge in [0.1, 0.15) is 0 Å². The van der Waals surface area contributed by atoms with Crippen LogP contribution in [-0.4, -0.2) is 32.3 Å². The van der Waals surface area contributed by atoms with Gasteiger partial charge in [0.2, 0.25) is 13.6 Å². The quantitative estimate of drug-likeness (QED) is 0.569. The molecular formula is C23H26N2O5. The van der Waals surface area contributed by atoms with E-state index in [2.05, 4.69) is 18.0 Å².